The van der Waals surface area contributed by atoms with Crippen LogP contribution >= 0.6 is 15.9 Å². The van der Waals surface area contributed by atoms with Crippen LogP contribution in [0.15, 0.2) is 27.6 Å². The Hall–Kier alpha value is -0.590. The van der Waals surface area contributed by atoms with Crippen LogP contribution in [0.5, 0.6) is 0 Å². The zero-order valence-corrected chi connectivity index (χ0v) is 11.8. The van der Waals surface area contributed by atoms with Gasteiger partial charge in [-0.3, -0.25) is 0 Å². The van der Waals surface area contributed by atoms with Gasteiger partial charge in [-0.2, -0.15) is 4.31 Å². The number of hydrogen-bond donors (Lipinski definition) is 1. The van der Waals surface area contributed by atoms with Crippen molar-refractivity contribution in [1.29, 1.82) is 0 Å². The molecule has 1 saturated heterocycles. The predicted molar refractivity (Wildman–Crippen MR) is 71.2 cm³/mol. The smallest absolute Gasteiger partial charge is 0.244 e. The quantitative estimate of drug-likeness (QED) is 0.850. The number of hydrogen-bond acceptors (Lipinski definition) is 3. The minimum absolute atomic E-state index is 0.263. The Morgan fingerprint density at radius 3 is 2.47 bits per heavy atom. The zero-order valence-electron chi connectivity index (χ0n) is 9.39. The van der Waals surface area contributed by atoms with E-state index in [1.54, 1.807) is 12.1 Å². The molecule has 0 aromatic heterocycles. The standard InChI is InChI=1S/C11H15BrN2O2S/c12-10-5-4-9(13)8-11(10)17(15,16)14-6-2-1-3-7-14/h4-5,8H,1-3,6-7,13H2. The molecule has 0 aliphatic carbocycles. The number of sulfonamides is 1. The van der Waals surface area contributed by atoms with Gasteiger partial charge in [0.1, 0.15) is 0 Å². The van der Waals surface area contributed by atoms with Crippen molar-refractivity contribution in [2.45, 2.75) is 24.2 Å². The summed E-state index contributed by atoms with van der Waals surface area (Å²) in [6.07, 6.45) is 2.96. The maximum Gasteiger partial charge on any atom is 0.244 e. The van der Waals surface area contributed by atoms with Gasteiger partial charge in [-0.15, -0.1) is 0 Å². The highest BCUT2D eigenvalue weighted by Crippen LogP contribution is 2.28. The van der Waals surface area contributed by atoms with Crippen LogP contribution in [-0.2, 0) is 10.0 Å². The SMILES string of the molecule is Nc1ccc(Br)c(S(=O)(=O)N2CCCCC2)c1. The Balaban J connectivity index is 2.40. The fourth-order valence-electron chi connectivity index (χ4n) is 1.96. The van der Waals surface area contributed by atoms with Crippen LogP contribution in [0.3, 0.4) is 0 Å². The van der Waals surface area contributed by atoms with E-state index in [1.807, 2.05) is 0 Å². The summed E-state index contributed by atoms with van der Waals surface area (Å²) < 4.78 is 26.9. The average molecular weight is 319 g/mol. The molecule has 0 atom stereocenters. The third kappa shape index (κ3) is 2.64. The third-order valence-electron chi connectivity index (χ3n) is 2.89. The first kappa shape index (κ1) is 12.9. The number of rotatable bonds is 2. The van der Waals surface area contributed by atoms with E-state index in [-0.39, 0.29) is 4.90 Å². The molecule has 1 aliphatic heterocycles. The molecule has 1 heterocycles. The van der Waals surface area contributed by atoms with E-state index < -0.39 is 10.0 Å². The van der Waals surface area contributed by atoms with E-state index in [0.29, 0.717) is 23.2 Å². The molecule has 4 nitrogen and oxygen atoms in total. The van der Waals surface area contributed by atoms with E-state index in [2.05, 4.69) is 15.9 Å². The van der Waals surface area contributed by atoms with Gasteiger partial charge in [0.15, 0.2) is 0 Å². The summed E-state index contributed by atoms with van der Waals surface area (Å²) >= 11 is 3.27. The monoisotopic (exact) mass is 318 g/mol. The lowest BCUT2D eigenvalue weighted by Gasteiger charge is -2.26. The van der Waals surface area contributed by atoms with Gasteiger partial charge < -0.3 is 5.73 Å². The van der Waals surface area contributed by atoms with Crippen LogP contribution in [0, 0.1) is 0 Å². The van der Waals surface area contributed by atoms with Gasteiger partial charge in [-0.05, 0) is 47.0 Å². The number of nitrogens with zero attached hydrogens (tertiary/aromatic N) is 1. The Labute approximate surface area is 110 Å². The van der Waals surface area contributed by atoms with Gasteiger partial charge in [-0.25, -0.2) is 8.42 Å². The van der Waals surface area contributed by atoms with Crippen molar-refractivity contribution in [3.05, 3.63) is 22.7 Å². The minimum atomic E-state index is -3.41. The Bertz CT molecular complexity index is 510. The summed E-state index contributed by atoms with van der Waals surface area (Å²) in [5.41, 5.74) is 6.11. The van der Waals surface area contributed by atoms with Crippen LogP contribution in [0.25, 0.3) is 0 Å². The molecule has 1 aliphatic rings. The highest BCUT2D eigenvalue weighted by atomic mass is 79.9. The van der Waals surface area contributed by atoms with Crippen molar-refractivity contribution in [1.82, 2.24) is 4.31 Å². The van der Waals surface area contributed by atoms with Crippen LogP contribution in [0.2, 0.25) is 0 Å². The second-order valence-electron chi connectivity index (χ2n) is 4.15. The van der Waals surface area contributed by atoms with Crippen LogP contribution < -0.4 is 5.73 Å². The van der Waals surface area contributed by atoms with Crippen LogP contribution in [0.4, 0.5) is 5.69 Å². The second-order valence-corrected chi connectivity index (χ2v) is 6.92. The van der Waals surface area contributed by atoms with Crippen LogP contribution in [-0.4, -0.2) is 25.8 Å². The first-order valence-corrected chi connectivity index (χ1v) is 7.80. The Morgan fingerprint density at radius 2 is 1.82 bits per heavy atom. The van der Waals surface area contributed by atoms with Gasteiger partial charge in [0.05, 0.1) is 4.90 Å². The molecular weight excluding hydrogens is 304 g/mol. The third-order valence-corrected chi connectivity index (χ3v) is 5.78. The molecule has 0 unspecified atom stereocenters. The number of anilines is 1. The van der Waals surface area contributed by atoms with E-state index >= 15 is 0 Å². The van der Waals surface area contributed by atoms with Crippen molar-refractivity contribution < 1.29 is 8.42 Å². The fraction of sp³-hybridized carbons (Fsp3) is 0.455. The van der Waals surface area contributed by atoms with Gasteiger partial charge in [0, 0.05) is 23.2 Å². The van der Waals surface area contributed by atoms with Crippen molar-refractivity contribution in [3.63, 3.8) is 0 Å². The molecule has 0 spiro atoms. The molecule has 2 N–H and O–H groups in total. The largest absolute Gasteiger partial charge is 0.399 e. The molecule has 0 amide bonds. The second kappa shape index (κ2) is 4.96. The molecule has 6 heteroatoms. The molecule has 0 bridgehead atoms. The summed E-state index contributed by atoms with van der Waals surface area (Å²) in [4.78, 5) is 0.263. The number of halogens is 1. The molecule has 2 rings (SSSR count). The maximum absolute atomic E-state index is 12.4. The molecule has 1 aromatic rings. The van der Waals surface area contributed by atoms with Gasteiger partial charge >= 0.3 is 0 Å². The summed E-state index contributed by atoms with van der Waals surface area (Å²) in [7, 11) is -3.41. The molecule has 0 saturated carbocycles. The topological polar surface area (TPSA) is 63.4 Å². The fourth-order valence-corrected chi connectivity index (χ4v) is 4.44. The van der Waals surface area contributed by atoms with Crippen molar-refractivity contribution in [2.24, 2.45) is 0 Å². The maximum atomic E-state index is 12.4. The number of benzene rings is 1. The zero-order chi connectivity index (χ0) is 12.5. The molecule has 1 fully saturated rings. The normalized spacial score (nSPS) is 18.2. The summed E-state index contributed by atoms with van der Waals surface area (Å²) in [5, 5.41) is 0. The van der Waals surface area contributed by atoms with Crippen LogP contribution in [0.1, 0.15) is 19.3 Å². The lowest BCUT2D eigenvalue weighted by molar-refractivity contribution is 0.346. The van der Waals surface area contributed by atoms with E-state index in [1.165, 1.54) is 10.4 Å². The number of nitrogens with two attached hydrogens (primary N) is 1. The van der Waals surface area contributed by atoms with Gasteiger partial charge in [0.2, 0.25) is 10.0 Å². The van der Waals surface area contributed by atoms with E-state index in [0.717, 1.165) is 19.3 Å². The summed E-state index contributed by atoms with van der Waals surface area (Å²) in [5.74, 6) is 0. The number of nitrogen functional groups attached to an aromatic ring is 1. The van der Waals surface area contributed by atoms with Crippen molar-refractivity contribution in [2.75, 3.05) is 18.8 Å². The first-order chi connectivity index (χ1) is 8.01. The lowest BCUT2D eigenvalue weighted by Crippen LogP contribution is -2.35. The Kier molecular flexibility index (Phi) is 3.75. The summed E-state index contributed by atoms with van der Waals surface area (Å²) in [6.45, 7) is 1.20. The minimum Gasteiger partial charge on any atom is -0.399 e. The van der Waals surface area contributed by atoms with E-state index in [9.17, 15) is 8.42 Å². The molecule has 94 valence electrons. The predicted octanol–water partition coefficient (Wildman–Crippen LogP) is 2.21. The van der Waals surface area contributed by atoms with Gasteiger partial charge in [0.25, 0.3) is 0 Å². The highest BCUT2D eigenvalue weighted by Gasteiger charge is 2.27. The molecule has 17 heavy (non-hydrogen) atoms. The summed E-state index contributed by atoms with van der Waals surface area (Å²) in [6, 6.07) is 4.86. The highest BCUT2D eigenvalue weighted by molar-refractivity contribution is 9.10. The van der Waals surface area contributed by atoms with Crippen molar-refractivity contribution in [3.8, 4) is 0 Å². The van der Waals surface area contributed by atoms with Gasteiger partial charge in [-0.1, -0.05) is 6.42 Å². The van der Waals surface area contributed by atoms with E-state index in [4.69, 9.17) is 5.73 Å². The lowest BCUT2D eigenvalue weighted by atomic mass is 10.2. The first-order valence-electron chi connectivity index (χ1n) is 5.57. The van der Waals surface area contributed by atoms with Crippen molar-refractivity contribution >= 4 is 31.6 Å². The molecular formula is C11H15BrN2O2S. The molecule has 1 aromatic carbocycles. The number of piperidine rings is 1. The molecule has 0 radical (unpaired) electrons. The average Bonchev–Trinajstić information content (AvgIpc) is 2.33. The Morgan fingerprint density at radius 1 is 1.18 bits per heavy atom.